The Morgan fingerprint density at radius 2 is 1.94 bits per heavy atom. The van der Waals surface area contributed by atoms with E-state index in [0.717, 1.165) is 31.6 Å². The van der Waals surface area contributed by atoms with Gasteiger partial charge in [0.2, 0.25) is 11.8 Å². The number of hydrogen-bond acceptors (Lipinski definition) is 4. The lowest BCUT2D eigenvalue weighted by molar-refractivity contribution is -0.146. The van der Waals surface area contributed by atoms with Gasteiger partial charge in [-0.05, 0) is 56.4 Å². The van der Waals surface area contributed by atoms with Crippen LogP contribution in [0.15, 0.2) is 30.3 Å². The molecule has 2 amide bonds. The first kappa shape index (κ1) is 21.8. The fourth-order valence-electron chi connectivity index (χ4n) is 5.93. The van der Waals surface area contributed by atoms with Crippen LogP contribution in [0.1, 0.15) is 44.1 Å². The fraction of sp³-hybridized carbons (Fsp3) is 0.625. The molecule has 7 heteroatoms. The molecule has 0 aromatic heterocycles. The van der Waals surface area contributed by atoms with Gasteiger partial charge in [0.15, 0.2) is 0 Å². The molecule has 3 saturated heterocycles. The molecule has 3 aliphatic heterocycles. The van der Waals surface area contributed by atoms with Crippen molar-refractivity contribution in [2.75, 3.05) is 26.2 Å². The summed E-state index contributed by atoms with van der Waals surface area (Å²) >= 11 is 0. The van der Waals surface area contributed by atoms with Crippen molar-refractivity contribution >= 4 is 18.3 Å². The molecular weight excluding hydrogens is 394 g/mol. The van der Waals surface area contributed by atoms with Gasteiger partial charge >= 0.3 is 0 Å². The molecule has 4 aliphatic rings. The van der Waals surface area contributed by atoms with E-state index in [9.17, 15) is 9.59 Å². The zero-order chi connectivity index (χ0) is 21.8. The first-order valence-corrected chi connectivity index (χ1v) is 11.5. The largest absolute Gasteiger partial charge is 0.483 e. The predicted octanol–water partition coefficient (Wildman–Crippen LogP) is 1.91. The zero-order valence-electron chi connectivity index (χ0n) is 18.0. The van der Waals surface area contributed by atoms with Crippen LogP contribution in [0.2, 0.25) is 0 Å². The average Bonchev–Trinajstić information content (AvgIpc) is 3.49. The SMILES string of the molecule is O=C1CN(C(=O)[C@]2(Cc3ccccc3)C[C@@H]3CC[C@H]2N3CC2CC2)CCCN1.O=CO. The van der Waals surface area contributed by atoms with Crippen LogP contribution in [0.4, 0.5) is 0 Å². The highest BCUT2D eigenvalue weighted by molar-refractivity contribution is 5.89. The van der Waals surface area contributed by atoms with E-state index in [2.05, 4.69) is 34.5 Å². The number of nitrogens with zero attached hydrogens (tertiary/aromatic N) is 2. The van der Waals surface area contributed by atoms with Crippen LogP contribution in [-0.2, 0) is 20.8 Å². The van der Waals surface area contributed by atoms with Crippen molar-refractivity contribution in [3.05, 3.63) is 35.9 Å². The Hall–Kier alpha value is -2.41. The maximum Gasteiger partial charge on any atom is 0.290 e. The molecule has 1 aromatic rings. The third-order valence-electron chi connectivity index (χ3n) is 7.38. The molecule has 31 heavy (non-hydrogen) atoms. The molecule has 5 rings (SSSR count). The maximum absolute atomic E-state index is 14.0. The van der Waals surface area contributed by atoms with Crippen molar-refractivity contribution in [1.82, 2.24) is 15.1 Å². The molecule has 0 radical (unpaired) electrons. The highest BCUT2D eigenvalue weighted by atomic mass is 16.3. The highest BCUT2D eigenvalue weighted by Crippen LogP contribution is 2.53. The molecule has 7 nitrogen and oxygen atoms in total. The third-order valence-corrected chi connectivity index (χ3v) is 7.38. The Balaban J connectivity index is 0.000000730. The van der Waals surface area contributed by atoms with E-state index in [0.29, 0.717) is 25.2 Å². The second kappa shape index (κ2) is 9.39. The Kier molecular flexibility index (Phi) is 6.60. The van der Waals surface area contributed by atoms with Crippen LogP contribution >= 0.6 is 0 Å². The smallest absolute Gasteiger partial charge is 0.290 e. The summed E-state index contributed by atoms with van der Waals surface area (Å²) < 4.78 is 0. The summed E-state index contributed by atoms with van der Waals surface area (Å²) in [6, 6.07) is 11.4. The van der Waals surface area contributed by atoms with Crippen molar-refractivity contribution in [3.8, 4) is 0 Å². The Labute approximate surface area is 183 Å². The standard InChI is InChI=1S/C23H31N3O2.CH2O2/c27-21-16-25(12-4-11-24-21)22(28)23(13-17-5-2-1-3-6-17)14-19-9-10-20(23)26(19)15-18-7-8-18;2-1-3/h1-3,5-6,18-20H,4,7-16H2,(H,24,27);1H,(H,2,3)/t19-,20+,23+;/m0./s1. The minimum Gasteiger partial charge on any atom is -0.483 e. The van der Waals surface area contributed by atoms with Gasteiger partial charge in [0, 0.05) is 31.7 Å². The minimum atomic E-state index is -0.371. The van der Waals surface area contributed by atoms with Crippen molar-refractivity contribution in [2.24, 2.45) is 11.3 Å². The summed E-state index contributed by atoms with van der Waals surface area (Å²) in [6.45, 7) is 2.50. The van der Waals surface area contributed by atoms with E-state index in [-0.39, 0.29) is 30.2 Å². The van der Waals surface area contributed by atoms with Gasteiger partial charge in [-0.1, -0.05) is 30.3 Å². The summed E-state index contributed by atoms with van der Waals surface area (Å²) in [6.07, 6.45) is 7.64. The number of amides is 2. The average molecular weight is 428 g/mol. The van der Waals surface area contributed by atoms with Crippen LogP contribution in [0.5, 0.6) is 0 Å². The molecule has 0 unspecified atom stereocenters. The van der Waals surface area contributed by atoms with Gasteiger partial charge in [-0.2, -0.15) is 0 Å². The first-order valence-electron chi connectivity index (χ1n) is 11.5. The summed E-state index contributed by atoms with van der Waals surface area (Å²) in [5, 5.41) is 9.80. The molecule has 1 aliphatic carbocycles. The molecule has 168 valence electrons. The van der Waals surface area contributed by atoms with Crippen LogP contribution < -0.4 is 5.32 Å². The van der Waals surface area contributed by atoms with E-state index in [1.165, 1.54) is 31.4 Å². The Morgan fingerprint density at radius 1 is 1.19 bits per heavy atom. The normalized spacial score (nSPS) is 30.2. The molecule has 2 N–H and O–H groups in total. The van der Waals surface area contributed by atoms with Gasteiger partial charge in [-0.15, -0.1) is 0 Å². The van der Waals surface area contributed by atoms with Crippen LogP contribution in [0, 0.1) is 11.3 Å². The number of rotatable bonds is 5. The van der Waals surface area contributed by atoms with Crippen LogP contribution in [0.25, 0.3) is 0 Å². The topological polar surface area (TPSA) is 90.0 Å². The summed E-state index contributed by atoms with van der Waals surface area (Å²) in [5.74, 6) is 1.05. The van der Waals surface area contributed by atoms with E-state index in [1.807, 2.05) is 11.0 Å². The number of nitrogens with one attached hydrogen (secondary N) is 1. The Bertz CT molecular complexity index is 797. The van der Waals surface area contributed by atoms with E-state index < -0.39 is 0 Å². The second-order valence-corrected chi connectivity index (χ2v) is 9.45. The molecule has 2 bridgehead atoms. The van der Waals surface area contributed by atoms with Crippen molar-refractivity contribution < 1.29 is 19.5 Å². The molecule has 3 heterocycles. The number of carbonyl (C=O) groups excluding carboxylic acids is 2. The van der Waals surface area contributed by atoms with Gasteiger partial charge in [-0.25, -0.2) is 0 Å². The number of fused-ring (bicyclic) bond motifs is 2. The van der Waals surface area contributed by atoms with Gasteiger partial charge in [-0.3, -0.25) is 19.3 Å². The Morgan fingerprint density at radius 3 is 2.65 bits per heavy atom. The molecular formula is C24H33N3O4. The van der Waals surface area contributed by atoms with Crippen molar-refractivity contribution in [2.45, 2.75) is 57.0 Å². The maximum atomic E-state index is 14.0. The zero-order valence-corrected chi connectivity index (χ0v) is 18.0. The number of hydrogen-bond donors (Lipinski definition) is 2. The lowest BCUT2D eigenvalue weighted by atomic mass is 9.69. The third kappa shape index (κ3) is 4.61. The lowest BCUT2D eigenvalue weighted by Crippen LogP contribution is -2.53. The fourth-order valence-corrected chi connectivity index (χ4v) is 5.93. The van der Waals surface area contributed by atoms with E-state index in [1.54, 1.807) is 0 Å². The van der Waals surface area contributed by atoms with E-state index >= 15 is 0 Å². The number of carboxylic acid groups (broad SMARTS) is 1. The van der Waals surface area contributed by atoms with Gasteiger partial charge in [0.25, 0.3) is 6.47 Å². The molecule has 1 saturated carbocycles. The predicted molar refractivity (Wildman–Crippen MR) is 116 cm³/mol. The lowest BCUT2D eigenvalue weighted by Gasteiger charge is -2.40. The van der Waals surface area contributed by atoms with E-state index in [4.69, 9.17) is 9.90 Å². The highest BCUT2D eigenvalue weighted by Gasteiger charge is 2.60. The van der Waals surface area contributed by atoms with Crippen molar-refractivity contribution in [1.29, 1.82) is 0 Å². The summed E-state index contributed by atoms with van der Waals surface area (Å²) in [4.78, 5) is 39.0. The van der Waals surface area contributed by atoms with Gasteiger partial charge in [0.05, 0.1) is 12.0 Å². The molecule has 0 spiro atoms. The van der Waals surface area contributed by atoms with Gasteiger partial charge in [0.1, 0.15) is 0 Å². The summed E-state index contributed by atoms with van der Waals surface area (Å²) in [5.41, 5.74) is 0.873. The number of benzene rings is 1. The second-order valence-electron chi connectivity index (χ2n) is 9.45. The van der Waals surface area contributed by atoms with Crippen LogP contribution in [0.3, 0.4) is 0 Å². The minimum absolute atomic E-state index is 0.0151. The summed E-state index contributed by atoms with van der Waals surface area (Å²) in [7, 11) is 0. The van der Waals surface area contributed by atoms with Crippen molar-refractivity contribution in [3.63, 3.8) is 0 Å². The van der Waals surface area contributed by atoms with Crippen LogP contribution in [-0.4, -0.2) is 71.5 Å². The number of carbonyl (C=O) groups is 3. The molecule has 4 fully saturated rings. The van der Waals surface area contributed by atoms with Gasteiger partial charge < -0.3 is 15.3 Å². The molecule has 3 atom stereocenters. The monoisotopic (exact) mass is 427 g/mol. The molecule has 1 aromatic carbocycles. The first-order chi connectivity index (χ1) is 15.1. The quantitative estimate of drug-likeness (QED) is 0.701.